The van der Waals surface area contributed by atoms with Crippen LogP contribution in [0.4, 0.5) is 0 Å². The van der Waals surface area contributed by atoms with Crippen LogP contribution in [-0.2, 0) is 18.6 Å². The summed E-state index contributed by atoms with van der Waals surface area (Å²) in [5, 5.41) is 0. The maximum atomic E-state index is 11.3. The zero-order valence-corrected chi connectivity index (χ0v) is 15.9. The molecule has 0 fully saturated rings. The van der Waals surface area contributed by atoms with E-state index in [-0.39, 0.29) is 65.7 Å². The van der Waals surface area contributed by atoms with Gasteiger partial charge in [-0.15, -0.1) is 0 Å². The molecule has 9 heteroatoms. The standard InChI is InChI=1S/C8H17O6P.2Na/c1-4-8(2,3)7(9)13-5-6-14-15(10,11)12;;/h4-6H2,1-3H3,(H2,10,11,12);;/q;2*+1/p-2. The van der Waals surface area contributed by atoms with Crippen molar-refractivity contribution in [1.29, 1.82) is 0 Å². The van der Waals surface area contributed by atoms with Crippen LogP contribution in [0.5, 0.6) is 0 Å². The molecule has 0 aromatic rings. The molecule has 0 saturated carbocycles. The van der Waals surface area contributed by atoms with Crippen LogP contribution >= 0.6 is 7.82 Å². The van der Waals surface area contributed by atoms with Crippen LogP contribution in [0.2, 0.25) is 0 Å². The van der Waals surface area contributed by atoms with Crippen molar-refractivity contribution in [3.63, 3.8) is 0 Å². The average molecular weight is 284 g/mol. The number of phosphoric ester groups is 1. The van der Waals surface area contributed by atoms with Gasteiger partial charge in [-0.2, -0.15) is 0 Å². The van der Waals surface area contributed by atoms with Crippen molar-refractivity contribution >= 4 is 13.8 Å². The maximum Gasteiger partial charge on any atom is 1.00 e. The van der Waals surface area contributed by atoms with E-state index in [2.05, 4.69) is 4.52 Å². The maximum absolute atomic E-state index is 11.3. The zero-order chi connectivity index (χ0) is 12.1. The molecule has 0 spiro atoms. The van der Waals surface area contributed by atoms with E-state index >= 15 is 0 Å². The summed E-state index contributed by atoms with van der Waals surface area (Å²) in [6.45, 7) is 4.58. The first-order valence-corrected chi connectivity index (χ1v) is 5.99. The number of esters is 1. The summed E-state index contributed by atoms with van der Waals surface area (Å²) in [6, 6.07) is 0. The summed E-state index contributed by atoms with van der Waals surface area (Å²) in [4.78, 5) is 31.4. The minimum atomic E-state index is -4.96. The van der Waals surface area contributed by atoms with Crippen molar-refractivity contribution < 1.29 is 87.5 Å². The van der Waals surface area contributed by atoms with Crippen LogP contribution in [0.15, 0.2) is 0 Å². The molecule has 0 N–H and O–H groups in total. The Hall–Kier alpha value is 1.58. The van der Waals surface area contributed by atoms with Crippen molar-refractivity contribution in [3.8, 4) is 0 Å². The number of rotatable bonds is 6. The molecule has 0 rings (SSSR count). The predicted molar refractivity (Wildman–Crippen MR) is 48.6 cm³/mol. The average Bonchev–Trinajstić information content (AvgIpc) is 2.10. The number of phosphoric acid groups is 1. The van der Waals surface area contributed by atoms with Crippen LogP contribution in [0.3, 0.4) is 0 Å². The third kappa shape index (κ3) is 12.4. The van der Waals surface area contributed by atoms with Gasteiger partial charge in [0.2, 0.25) is 0 Å². The fourth-order valence-electron chi connectivity index (χ4n) is 0.623. The zero-order valence-electron chi connectivity index (χ0n) is 11.0. The van der Waals surface area contributed by atoms with Crippen LogP contribution in [0.25, 0.3) is 0 Å². The molecule has 0 heterocycles. The molecule has 0 aromatic heterocycles. The Kier molecular flexibility index (Phi) is 14.4. The molecule has 17 heavy (non-hydrogen) atoms. The van der Waals surface area contributed by atoms with Crippen molar-refractivity contribution in [1.82, 2.24) is 0 Å². The van der Waals surface area contributed by atoms with Crippen LogP contribution in [0, 0.1) is 5.41 Å². The van der Waals surface area contributed by atoms with Crippen molar-refractivity contribution in [2.24, 2.45) is 5.41 Å². The largest absolute Gasteiger partial charge is 1.00 e. The second-order valence-electron chi connectivity index (χ2n) is 3.65. The first-order valence-electron chi connectivity index (χ1n) is 4.53. The first-order chi connectivity index (χ1) is 6.69. The van der Waals surface area contributed by atoms with Gasteiger partial charge < -0.3 is 23.6 Å². The smallest absolute Gasteiger partial charge is 0.790 e. The Balaban J connectivity index is -0.000000980. The summed E-state index contributed by atoms with van der Waals surface area (Å²) in [5.74, 6) is -0.444. The quantitative estimate of drug-likeness (QED) is 0.208. The van der Waals surface area contributed by atoms with Gasteiger partial charge in [-0.3, -0.25) is 4.79 Å². The van der Waals surface area contributed by atoms with Gasteiger partial charge in [-0.25, -0.2) is 0 Å². The minimum absolute atomic E-state index is 0. The van der Waals surface area contributed by atoms with E-state index in [1.165, 1.54) is 0 Å². The fourth-order valence-corrected chi connectivity index (χ4v) is 0.921. The molecule has 0 atom stereocenters. The molecule has 0 bridgehead atoms. The van der Waals surface area contributed by atoms with E-state index in [1.807, 2.05) is 6.92 Å². The molecule has 0 aliphatic carbocycles. The first kappa shape index (κ1) is 23.7. The molecule has 0 unspecified atom stereocenters. The van der Waals surface area contributed by atoms with Gasteiger partial charge in [0.05, 0.1) is 19.8 Å². The summed E-state index contributed by atoms with van der Waals surface area (Å²) in [6.07, 6.45) is 0.605. The Morgan fingerprint density at radius 2 is 1.71 bits per heavy atom. The number of carbonyl (C=O) groups excluding carboxylic acids is 1. The Bertz CT molecular complexity index is 265. The van der Waals surface area contributed by atoms with Gasteiger partial charge in [0, 0.05) is 0 Å². The van der Waals surface area contributed by atoms with Gasteiger partial charge in [-0.1, -0.05) is 6.92 Å². The van der Waals surface area contributed by atoms with Gasteiger partial charge in [0.1, 0.15) is 6.61 Å². The molecule has 0 aliphatic rings. The Labute approximate surface area is 146 Å². The van der Waals surface area contributed by atoms with Crippen molar-refractivity contribution in [2.75, 3.05) is 13.2 Å². The number of hydrogen-bond donors (Lipinski definition) is 0. The Morgan fingerprint density at radius 3 is 2.06 bits per heavy atom. The van der Waals surface area contributed by atoms with Gasteiger partial charge >= 0.3 is 65.1 Å². The van der Waals surface area contributed by atoms with Crippen LogP contribution in [0.1, 0.15) is 27.2 Å². The summed E-state index contributed by atoms with van der Waals surface area (Å²) in [5.41, 5.74) is -0.612. The second-order valence-corrected chi connectivity index (χ2v) is 4.81. The monoisotopic (exact) mass is 284 g/mol. The second kappa shape index (κ2) is 10.4. The van der Waals surface area contributed by atoms with E-state index in [9.17, 15) is 19.1 Å². The topological polar surface area (TPSA) is 98.7 Å². The molecule has 6 nitrogen and oxygen atoms in total. The molecule has 0 amide bonds. The third-order valence-corrected chi connectivity index (χ3v) is 2.50. The van der Waals surface area contributed by atoms with E-state index in [0.29, 0.717) is 6.42 Å². The van der Waals surface area contributed by atoms with Crippen molar-refractivity contribution in [2.45, 2.75) is 27.2 Å². The van der Waals surface area contributed by atoms with Crippen molar-refractivity contribution in [3.05, 3.63) is 0 Å². The van der Waals surface area contributed by atoms with E-state index < -0.39 is 25.8 Å². The third-order valence-electron chi connectivity index (χ3n) is 2.00. The number of hydrogen-bond acceptors (Lipinski definition) is 6. The van der Waals surface area contributed by atoms with Gasteiger partial charge in [0.15, 0.2) is 0 Å². The van der Waals surface area contributed by atoms with E-state index in [4.69, 9.17) is 4.74 Å². The summed E-state index contributed by atoms with van der Waals surface area (Å²) >= 11 is 0. The van der Waals surface area contributed by atoms with Crippen LogP contribution < -0.4 is 68.9 Å². The SMILES string of the molecule is CCC(C)(C)C(=O)OCCOP(=O)([O-])[O-].[Na+].[Na+]. The van der Waals surface area contributed by atoms with Gasteiger partial charge in [0.25, 0.3) is 0 Å². The Morgan fingerprint density at radius 1 is 1.24 bits per heavy atom. The van der Waals surface area contributed by atoms with Gasteiger partial charge in [-0.05, 0) is 20.3 Å². The predicted octanol–water partition coefficient (Wildman–Crippen LogP) is -6.18. The molecular formula is C8H15Na2O6P. The van der Waals surface area contributed by atoms with E-state index in [0.717, 1.165) is 0 Å². The molecule has 0 aliphatic heterocycles. The molecule has 0 radical (unpaired) electrons. The summed E-state index contributed by atoms with van der Waals surface area (Å²) < 4.78 is 18.7. The summed E-state index contributed by atoms with van der Waals surface area (Å²) in [7, 11) is -4.96. The molecular weight excluding hydrogens is 269 g/mol. The number of ether oxygens (including phenoxy) is 1. The normalized spacial score (nSPS) is 11.1. The molecule has 0 aromatic carbocycles. The van der Waals surface area contributed by atoms with Crippen LogP contribution in [-0.4, -0.2) is 19.2 Å². The molecule has 90 valence electrons. The number of carbonyl (C=O) groups is 1. The fraction of sp³-hybridized carbons (Fsp3) is 0.875. The van der Waals surface area contributed by atoms with E-state index in [1.54, 1.807) is 13.8 Å². The molecule has 0 saturated heterocycles. The minimum Gasteiger partial charge on any atom is -0.790 e.